The van der Waals surface area contributed by atoms with Gasteiger partial charge < -0.3 is 10.5 Å². The zero-order valence-corrected chi connectivity index (χ0v) is 9.36. The smallest absolute Gasteiger partial charge is 0.123 e. The van der Waals surface area contributed by atoms with Gasteiger partial charge in [0, 0.05) is 19.3 Å². The Morgan fingerprint density at radius 3 is 2.50 bits per heavy atom. The van der Waals surface area contributed by atoms with Gasteiger partial charge in [0.2, 0.25) is 0 Å². The molecule has 0 amide bonds. The third-order valence-corrected chi connectivity index (χ3v) is 3.26. The standard InChI is InChI=1S/C13H18FNO/c14-12-3-1-10(2-4-12)9-13(15)11-5-7-16-8-6-11/h1-4,11,13H,5-9,15H2. The fraction of sp³-hybridized carbons (Fsp3) is 0.538. The summed E-state index contributed by atoms with van der Waals surface area (Å²) in [5, 5.41) is 0. The predicted octanol–water partition coefficient (Wildman–Crippen LogP) is 2.12. The van der Waals surface area contributed by atoms with Gasteiger partial charge in [-0.2, -0.15) is 0 Å². The molecule has 2 rings (SSSR count). The van der Waals surface area contributed by atoms with Crippen molar-refractivity contribution in [2.45, 2.75) is 25.3 Å². The third-order valence-electron chi connectivity index (χ3n) is 3.26. The minimum absolute atomic E-state index is 0.161. The molecule has 0 bridgehead atoms. The molecule has 1 aliphatic rings. The number of hydrogen-bond donors (Lipinski definition) is 1. The first-order chi connectivity index (χ1) is 7.75. The van der Waals surface area contributed by atoms with E-state index in [1.807, 2.05) is 12.1 Å². The lowest BCUT2D eigenvalue weighted by Crippen LogP contribution is -2.36. The molecule has 1 aromatic carbocycles. The van der Waals surface area contributed by atoms with E-state index in [1.165, 1.54) is 12.1 Å². The van der Waals surface area contributed by atoms with Gasteiger partial charge in [0.05, 0.1) is 0 Å². The molecule has 1 aliphatic heterocycles. The molecule has 0 spiro atoms. The van der Waals surface area contributed by atoms with Crippen molar-refractivity contribution < 1.29 is 9.13 Å². The number of hydrogen-bond acceptors (Lipinski definition) is 2. The Morgan fingerprint density at radius 2 is 1.88 bits per heavy atom. The molecule has 3 heteroatoms. The number of benzene rings is 1. The van der Waals surface area contributed by atoms with Crippen LogP contribution in [-0.2, 0) is 11.2 Å². The fourth-order valence-electron chi connectivity index (χ4n) is 2.20. The zero-order chi connectivity index (χ0) is 11.4. The van der Waals surface area contributed by atoms with Crippen LogP contribution in [0.2, 0.25) is 0 Å². The minimum atomic E-state index is -0.191. The lowest BCUT2D eigenvalue weighted by Gasteiger charge is -2.27. The van der Waals surface area contributed by atoms with Crippen LogP contribution < -0.4 is 5.73 Å². The summed E-state index contributed by atoms with van der Waals surface area (Å²) in [6.07, 6.45) is 2.91. The van der Waals surface area contributed by atoms with Gasteiger partial charge in [-0.1, -0.05) is 12.1 Å². The van der Waals surface area contributed by atoms with Crippen molar-refractivity contribution in [3.8, 4) is 0 Å². The first-order valence-electron chi connectivity index (χ1n) is 5.83. The average Bonchev–Trinajstić information content (AvgIpc) is 2.33. The van der Waals surface area contributed by atoms with Crippen molar-refractivity contribution in [2.24, 2.45) is 11.7 Å². The summed E-state index contributed by atoms with van der Waals surface area (Å²) >= 11 is 0. The van der Waals surface area contributed by atoms with Crippen LogP contribution in [0.4, 0.5) is 4.39 Å². The predicted molar refractivity (Wildman–Crippen MR) is 61.6 cm³/mol. The second-order valence-corrected chi connectivity index (χ2v) is 4.44. The van der Waals surface area contributed by atoms with E-state index in [9.17, 15) is 4.39 Å². The van der Waals surface area contributed by atoms with Crippen molar-refractivity contribution in [1.29, 1.82) is 0 Å². The first kappa shape index (κ1) is 11.6. The minimum Gasteiger partial charge on any atom is -0.381 e. The highest BCUT2D eigenvalue weighted by atomic mass is 19.1. The van der Waals surface area contributed by atoms with Crippen LogP contribution in [0.25, 0.3) is 0 Å². The van der Waals surface area contributed by atoms with Crippen LogP contribution in [0.3, 0.4) is 0 Å². The largest absolute Gasteiger partial charge is 0.381 e. The van der Waals surface area contributed by atoms with E-state index in [1.54, 1.807) is 0 Å². The summed E-state index contributed by atoms with van der Waals surface area (Å²) in [7, 11) is 0. The highest BCUT2D eigenvalue weighted by Crippen LogP contribution is 2.20. The molecule has 1 fully saturated rings. The Balaban J connectivity index is 1.90. The zero-order valence-electron chi connectivity index (χ0n) is 9.36. The van der Waals surface area contributed by atoms with Crippen molar-refractivity contribution in [3.63, 3.8) is 0 Å². The van der Waals surface area contributed by atoms with Crippen LogP contribution in [-0.4, -0.2) is 19.3 Å². The van der Waals surface area contributed by atoms with E-state index in [0.717, 1.165) is 38.0 Å². The van der Waals surface area contributed by atoms with Crippen LogP contribution in [0.5, 0.6) is 0 Å². The molecule has 0 aromatic heterocycles. The van der Waals surface area contributed by atoms with Gasteiger partial charge in [0.15, 0.2) is 0 Å². The Bertz CT molecular complexity index is 319. The maximum atomic E-state index is 12.7. The van der Waals surface area contributed by atoms with Crippen LogP contribution in [0.1, 0.15) is 18.4 Å². The van der Waals surface area contributed by atoms with Crippen molar-refractivity contribution >= 4 is 0 Å². The maximum Gasteiger partial charge on any atom is 0.123 e. The van der Waals surface area contributed by atoms with Gasteiger partial charge in [0.1, 0.15) is 5.82 Å². The fourth-order valence-corrected chi connectivity index (χ4v) is 2.20. The highest BCUT2D eigenvalue weighted by molar-refractivity contribution is 5.17. The first-order valence-corrected chi connectivity index (χ1v) is 5.83. The molecule has 16 heavy (non-hydrogen) atoms. The molecular formula is C13H18FNO. The molecule has 1 heterocycles. The van der Waals surface area contributed by atoms with E-state index in [0.29, 0.717) is 5.92 Å². The van der Waals surface area contributed by atoms with Crippen LogP contribution in [0, 0.1) is 11.7 Å². The van der Waals surface area contributed by atoms with Crippen molar-refractivity contribution in [3.05, 3.63) is 35.6 Å². The van der Waals surface area contributed by atoms with Gasteiger partial charge in [-0.25, -0.2) is 4.39 Å². The molecule has 2 N–H and O–H groups in total. The Hall–Kier alpha value is -0.930. The number of ether oxygens (including phenoxy) is 1. The summed E-state index contributed by atoms with van der Waals surface area (Å²) in [5.41, 5.74) is 7.28. The lowest BCUT2D eigenvalue weighted by molar-refractivity contribution is 0.0585. The Labute approximate surface area is 95.6 Å². The van der Waals surface area contributed by atoms with Gasteiger partial charge in [-0.05, 0) is 42.9 Å². The lowest BCUT2D eigenvalue weighted by atomic mass is 9.88. The van der Waals surface area contributed by atoms with Gasteiger partial charge in [0.25, 0.3) is 0 Å². The average molecular weight is 223 g/mol. The quantitative estimate of drug-likeness (QED) is 0.852. The Morgan fingerprint density at radius 1 is 1.25 bits per heavy atom. The molecule has 0 radical (unpaired) electrons. The van der Waals surface area contributed by atoms with E-state index in [2.05, 4.69) is 0 Å². The van der Waals surface area contributed by atoms with E-state index in [4.69, 9.17) is 10.5 Å². The number of nitrogens with two attached hydrogens (primary N) is 1. The van der Waals surface area contributed by atoms with Gasteiger partial charge in [-0.15, -0.1) is 0 Å². The molecular weight excluding hydrogens is 205 g/mol. The summed E-state index contributed by atoms with van der Waals surface area (Å²) in [6.45, 7) is 1.64. The topological polar surface area (TPSA) is 35.2 Å². The molecule has 88 valence electrons. The van der Waals surface area contributed by atoms with Gasteiger partial charge in [-0.3, -0.25) is 0 Å². The van der Waals surface area contributed by atoms with E-state index < -0.39 is 0 Å². The highest BCUT2D eigenvalue weighted by Gasteiger charge is 2.20. The SMILES string of the molecule is NC(Cc1ccc(F)cc1)C1CCOCC1. The summed E-state index contributed by atoms with van der Waals surface area (Å²) < 4.78 is 18.0. The summed E-state index contributed by atoms with van der Waals surface area (Å²) in [5.74, 6) is 0.349. The summed E-state index contributed by atoms with van der Waals surface area (Å²) in [4.78, 5) is 0. The molecule has 1 unspecified atom stereocenters. The molecule has 1 aromatic rings. The van der Waals surface area contributed by atoms with E-state index >= 15 is 0 Å². The summed E-state index contributed by atoms with van der Waals surface area (Å²) in [6, 6.07) is 6.77. The normalized spacial score (nSPS) is 19.6. The van der Waals surface area contributed by atoms with Crippen LogP contribution in [0.15, 0.2) is 24.3 Å². The molecule has 0 aliphatic carbocycles. The second kappa shape index (κ2) is 5.41. The molecule has 1 atom stereocenters. The Kier molecular flexibility index (Phi) is 3.91. The monoisotopic (exact) mass is 223 g/mol. The maximum absolute atomic E-state index is 12.7. The van der Waals surface area contributed by atoms with E-state index in [-0.39, 0.29) is 11.9 Å². The number of rotatable bonds is 3. The second-order valence-electron chi connectivity index (χ2n) is 4.44. The van der Waals surface area contributed by atoms with Crippen LogP contribution >= 0.6 is 0 Å². The molecule has 2 nitrogen and oxygen atoms in total. The number of halogens is 1. The van der Waals surface area contributed by atoms with Crippen molar-refractivity contribution in [2.75, 3.05) is 13.2 Å². The third kappa shape index (κ3) is 3.03. The van der Waals surface area contributed by atoms with Crippen molar-refractivity contribution in [1.82, 2.24) is 0 Å². The molecule has 1 saturated heterocycles. The molecule has 0 saturated carbocycles. The van der Waals surface area contributed by atoms with Gasteiger partial charge >= 0.3 is 0 Å².